The van der Waals surface area contributed by atoms with Crippen LogP contribution in [-0.2, 0) is 0 Å². The highest BCUT2D eigenvalue weighted by Crippen LogP contribution is 2.30. The Morgan fingerprint density at radius 3 is 2.71 bits per heavy atom. The van der Waals surface area contributed by atoms with Crippen LogP contribution in [0.25, 0.3) is 11.0 Å². The summed E-state index contributed by atoms with van der Waals surface area (Å²) in [4.78, 5) is 12.5. The highest BCUT2D eigenvalue weighted by molar-refractivity contribution is 6.10. The number of rotatable bonds is 3. The largest absolute Gasteiger partial charge is 0.497 e. The lowest BCUT2D eigenvalue weighted by Gasteiger charge is -1.99. The molecule has 3 nitrogen and oxygen atoms in total. The minimum Gasteiger partial charge on any atom is -0.497 e. The molecule has 21 heavy (non-hydrogen) atoms. The fraction of sp³-hybridized carbons (Fsp3) is 0.118. The third-order valence-electron chi connectivity index (χ3n) is 3.44. The molecule has 0 fully saturated rings. The summed E-state index contributed by atoms with van der Waals surface area (Å²) in [6, 6.07) is 10.9. The van der Waals surface area contributed by atoms with E-state index in [1.54, 1.807) is 32.2 Å². The molecule has 106 valence electrons. The molecule has 0 aliphatic rings. The number of benzene rings is 2. The first-order valence-corrected chi connectivity index (χ1v) is 6.47. The molecule has 0 aliphatic heterocycles. The zero-order chi connectivity index (χ0) is 15.0. The fourth-order valence-electron chi connectivity index (χ4n) is 2.30. The second-order valence-electron chi connectivity index (χ2n) is 4.76. The molecule has 2 aromatic carbocycles. The normalized spacial score (nSPS) is 10.8. The lowest BCUT2D eigenvalue weighted by molar-refractivity contribution is 0.101. The number of hydrogen-bond acceptors (Lipinski definition) is 3. The monoisotopic (exact) mass is 284 g/mol. The molecule has 0 radical (unpaired) electrons. The molecular formula is C17H13FO3. The van der Waals surface area contributed by atoms with Gasteiger partial charge in [-0.15, -0.1) is 0 Å². The van der Waals surface area contributed by atoms with E-state index in [-0.39, 0.29) is 17.1 Å². The predicted molar refractivity (Wildman–Crippen MR) is 77.3 cm³/mol. The molecule has 0 N–H and O–H groups in total. The minimum atomic E-state index is -0.448. The third-order valence-corrected chi connectivity index (χ3v) is 3.44. The van der Waals surface area contributed by atoms with E-state index in [4.69, 9.17) is 9.15 Å². The Labute approximate surface area is 120 Å². The summed E-state index contributed by atoms with van der Waals surface area (Å²) in [5.74, 6) is 0.137. The van der Waals surface area contributed by atoms with Crippen LogP contribution in [-0.4, -0.2) is 12.9 Å². The molecule has 0 atom stereocenters. The lowest BCUT2D eigenvalue weighted by Crippen LogP contribution is -2.01. The molecule has 0 unspecified atom stereocenters. The smallest absolute Gasteiger partial charge is 0.228 e. The summed E-state index contributed by atoms with van der Waals surface area (Å²) in [7, 11) is 1.58. The quantitative estimate of drug-likeness (QED) is 0.679. The van der Waals surface area contributed by atoms with E-state index in [0.29, 0.717) is 11.3 Å². The number of halogens is 1. The van der Waals surface area contributed by atoms with Crippen molar-refractivity contribution < 1.29 is 18.3 Å². The van der Waals surface area contributed by atoms with Crippen molar-refractivity contribution >= 4 is 16.8 Å². The molecule has 3 aromatic rings. The van der Waals surface area contributed by atoms with Crippen molar-refractivity contribution in [1.29, 1.82) is 0 Å². The zero-order valence-electron chi connectivity index (χ0n) is 11.6. The van der Waals surface area contributed by atoms with Gasteiger partial charge in [-0.3, -0.25) is 4.79 Å². The van der Waals surface area contributed by atoms with Crippen LogP contribution in [0.2, 0.25) is 0 Å². The van der Waals surface area contributed by atoms with Crippen LogP contribution in [0.15, 0.2) is 46.9 Å². The van der Waals surface area contributed by atoms with Crippen LogP contribution in [0.3, 0.4) is 0 Å². The standard InChI is InChI=1S/C17H13FO3/c1-10-14-9-13(20-2)6-7-15(14)21-17(10)16(19)11-4-3-5-12(18)8-11/h3-9H,1-2H3. The first-order chi connectivity index (χ1) is 10.1. The molecule has 0 amide bonds. The number of fused-ring (bicyclic) bond motifs is 1. The van der Waals surface area contributed by atoms with Gasteiger partial charge >= 0.3 is 0 Å². The maximum Gasteiger partial charge on any atom is 0.228 e. The molecule has 3 rings (SSSR count). The van der Waals surface area contributed by atoms with Crippen LogP contribution in [0, 0.1) is 12.7 Å². The molecule has 0 saturated carbocycles. The summed E-state index contributed by atoms with van der Waals surface area (Å²) >= 11 is 0. The number of methoxy groups -OCH3 is 1. The number of carbonyl (C=O) groups excluding carboxylic acids is 1. The Hall–Kier alpha value is -2.62. The Kier molecular flexibility index (Phi) is 3.22. The molecule has 1 heterocycles. The topological polar surface area (TPSA) is 39.4 Å². The van der Waals surface area contributed by atoms with E-state index in [0.717, 1.165) is 10.9 Å². The Morgan fingerprint density at radius 1 is 1.19 bits per heavy atom. The van der Waals surface area contributed by atoms with Gasteiger partial charge in [0.15, 0.2) is 5.76 Å². The average molecular weight is 284 g/mol. The average Bonchev–Trinajstić information content (AvgIpc) is 2.83. The first-order valence-electron chi connectivity index (χ1n) is 6.47. The number of carbonyl (C=O) groups is 1. The van der Waals surface area contributed by atoms with Gasteiger partial charge < -0.3 is 9.15 Å². The van der Waals surface area contributed by atoms with E-state index in [1.165, 1.54) is 18.2 Å². The summed E-state index contributed by atoms with van der Waals surface area (Å²) in [5.41, 5.74) is 1.59. The minimum absolute atomic E-state index is 0.226. The van der Waals surface area contributed by atoms with Crippen molar-refractivity contribution in [2.24, 2.45) is 0 Å². The van der Waals surface area contributed by atoms with Crippen molar-refractivity contribution in [1.82, 2.24) is 0 Å². The second kappa shape index (κ2) is 5.05. The van der Waals surface area contributed by atoms with E-state index >= 15 is 0 Å². The van der Waals surface area contributed by atoms with E-state index in [1.807, 2.05) is 6.07 Å². The van der Waals surface area contributed by atoms with Gasteiger partial charge in [-0.1, -0.05) is 12.1 Å². The van der Waals surface area contributed by atoms with Gasteiger partial charge in [0.1, 0.15) is 17.1 Å². The van der Waals surface area contributed by atoms with Crippen LogP contribution >= 0.6 is 0 Å². The highest BCUT2D eigenvalue weighted by atomic mass is 19.1. The van der Waals surface area contributed by atoms with Gasteiger partial charge in [0.05, 0.1) is 7.11 Å². The fourth-order valence-corrected chi connectivity index (χ4v) is 2.30. The van der Waals surface area contributed by atoms with Crippen LogP contribution in [0.1, 0.15) is 21.7 Å². The number of ether oxygens (including phenoxy) is 1. The molecular weight excluding hydrogens is 271 g/mol. The summed E-state index contributed by atoms with van der Waals surface area (Å²) < 4.78 is 24.0. The van der Waals surface area contributed by atoms with Crippen LogP contribution in [0.5, 0.6) is 5.75 Å². The summed E-state index contributed by atoms with van der Waals surface area (Å²) in [6.07, 6.45) is 0. The molecule has 0 saturated heterocycles. The predicted octanol–water partition coefficient (Wildman–Crippen LogP) is 4.12. The Bertz CT molecular complexity index is 833. The van der Waals surface area contributed by atoms with Crippen molar-refractivity contribution in [3.63, 3.8) is 0 Å². The van der Waals surface area contributed by atoms with Crippen molar-refractivity contribution in [3.05, 3.63) is 65.2 Å². The molecule has 0 aliphatic carbocycles. The van der Waals surface area contributed by atoms with Gasteiger partial charge in [-0.25, -0.2) is 4.39 Å². The van der Waals surface area contributed by atoms with Gasteiger partial charge in [0, 0.05) is 16.5 Å². The van der Waals surface area contributed by atoms with Gasteiger partial charge in [-0.05, 0) is 37.3 Å². The molecule has 0 bridgehead atoms. The maximum atomic E-state index is 13.2. The number of hydrogen-bond donors (Lipinski definition) is 0. The van der Waals surface area contributed by atoms with Crippen molar-refractivity contribution in [2.45, 2.75) is 6.92 Å². The van der Waals surface area contributed by atoms with Crippen molar-refractivity contribution in [2.75, 3.05) is 7.11 Å². The Balaban J connectivity index is 2.12. The first kappa shape index (κ1) is 13.4. The maximum absolute atomic E-state index is 13.2. The Morgan fingerprint density at radius 2 is 2.00 bits per heavy atom. The van der Waals surface area contributed by atoms with E-state index in [2.05, 4.69) is 0 Å². The van der Waals surface area contributed by atoms with E-state index < -0.39 is 5.82 Å². The van der Waals surface area contributed by atoms with Gasteiger partial charge in [0.25, 0.3) is 0 Å². The lowest BCUT2D eigenvalue weighted by atomic mass is 10.0. The van der Waals surface area contributed by atoms with Gasteiger partial charge in [-0.2, -0.15) is 0 Å². The van der Waals surface area contributed by atoms with Crippen LogP contribution < -0.4 is 4.74 Å². The molecule has 0 spiro atoms. The molecule has 4 heteroatoms. The highest BCUT2D eigenvalue weighted by Gasteiger charge is 2.19. The second-order valence-corrected chi connectivity index (χ2v) is 4.76. The zero-order valence-corrected chi connectivity index (χ0v) is 11.6. The number of furan rings is 1. The van der Waals surface area contributed by atoms with Crippen molar-refractivity contribution in [3.8, 4) is 5.75 Å². The third kappa shape index (κ3) is 2.29. The SMILES string of the molecule is COc1ccc2oc(C(=O)c3cccc(F)c3)c(C)c2c1. The number of ketones is 1. The van der Waals surface area contributed by atoms with Gasteiger partial charge in [0.2, 0.25) is 5.78 Å². The summed E-state index contributed by atoms with van der Waals surface area (Å²) in [5, 5.41) is 0.814. The number of aryl methyl sites for hydroxylation is 1. The molecule has 1 aromatic heterocycles. The van der Waals surface area contributed by atoms with Crippen LogP contribution in [0.4, 0.5) is 4.39 Å². The summed E-state index contributed by atoms with van der Waals surface area (Å²) in [6.45, 7) is 1.80. The van der Waals surface area contributed by atoms with E-state index in [9.17, 15) is 9.18 Å².